The molecular weight excluding hydrogens is 490 g/mol. The number of H-pyrrole nitrogens is 2. The first-order valence-electron chi connectivity index (χ1n) is 13.2. The van der Waals surface area contributed by atoms with E-state index in [0.717, 1.165) is 81.6 Å². The molecule has 39 heavy (non-hydrogen) atoms. The third kappa shape index (κ3) is 4.33. The third-order valence-electron chi connectivity index (χ3n) is 7.46. The number of carbonyl (C=O) groups is 1. The van der Waals surface area contributed by atoms with Gasteiger partial charge in [-0.15, -0.1) is 0 Å². The van der Waals surface area contributed by atoms with E-state index in [9.17, 15) is 4.79 Å². The smallest absolute Gasteiger partial charge is 0.227 e. The molecule has 10 heteroatoms. The summed E-state index contributed by atoms with van der Waals surface area (Å²) in [5, 5.41) is 12.7. The molecule has 0 spiro atoms. The number of nitrogens with one attached hydrogen (secondary N) is 3. The van der Waals surface area contributed by atoms with Gasteiger partial charge in [-0.1, -0.05) is 19.3 Å². The highest BCUT2D eigenvalue weighted by Crippen LogP contribution is 2.32. The lowest BCUT2D eigenvalue weighted by Gasteiger charge is -2.20. The van der Waals surface area contributed by atoms with Crippen LogP contribution in [0, 0.1) is 12.8 Å². The zero-order chi connectivity index (χ0) is 26.3. The van der Waals surface area contributed by atoms with Gasteiger partial charge in [0.15, 0.2) is 0 Å². The van der Waals surface area contributed by atoms with Gasteiger partial charge in [0, 0.05) is 40.8 Å². The zero-order valence-electron chi connectivity index (χ0n) is 21.5. The monoisotopic (exact) mass is 517 g/mol. The van der Waals surface area contributed by atoms with Crippen molar-refractivity contribution in [3.8, 4) is 28.5 Å². The average Bonchev–Trinajstić information content (AvgIpc) is 3.71. The van der Waals surface area contributed by atoms with E-state index in [1.165, 1.54) is 6.42 Å². The lowest BCUT2D eigenvalue weighted by Crippen LogP contribution is -2.24. The Labute approximate surface area is 223 Å². The highest BCUT2D eigenvalue weighted by molar-refractivity contribution is 5.98. The van der Waals surface area contributed by atoms with Gasteiger partial charge in [0.2, 0.25) is 5.91 Å². The van der Waals surface area contributed by atoms with Crippen LogP contribution in [0.15, 0.2) is 61.6 Å². The molecule has 6 aromatic rings. The summed E-state index contributed by atoms with van der Waals surface area (Å²) in [6, 6.07) is 7.94. The van der Waals surface area contributed by atoms with Crippen LogP contribution in [0.2, 0.25) is 0 Å². The number of fused-ring (bicyclic) bond motifs is 2. The van der Waals surface area contributed by atoms with Crippen LogP contribution in [0.4, 0.5) is 5.69 Å². The molecule has 1 amide bonds. The summed E-state index contributed by atoms with van der Waals surface area (Å²) in [7, 11) is 0. The molecule has 0 aromatic carbocycles. The van der Waals surface area contributed by atoms with Crippen molar-refractivity contribution in [2.45, 2.75) is 39.0 Å². The quantitative estimate of drug-likeness (QED) is 0.274. The fourth-order valence-electron chi connectivity index (χ4n) is 5.45. The highest BCUT2D eigenvalue weighted by atomic mass is 16.1. The lowest BCUT2D eigenvalue weighted by molar-refractivity contribution is -0.120. The second kappa shape index (κ2) is 9.46. The molecule has 3 N–H and O–H groups in total. The van der Waals surface area contributed by atoms with E-state index in [0.29, 0.717) is 5.69 Å². The van der Waals surface area contributed by atoms with E-state index < -0.39 is 0 Å². The van der Waals surface area contributed by atoms with Gasteiger partial charge in [0.1, 0.15) is 17.8 Å². The van der Waals surface area contributed by atoms with Crippen molar-refractivity contribution >= 4 is 33.4 Å². The normalized spacial score (nSPS) is 14.3. The molecule has 194 valence electrons. The predicted molar refractivity (Wildman–Crippen MR) is 149 cm³/mol. The fraction of sp³-hybridized carbons (Fsp3) is 0.241. The number of imidazole rings is 1. The van der Waals surface area contributed by atoms with Gasteiger partial charge in [-0.2, -0.15) is 5.10 Å². The van der Waals surface area contributed by atoms with Crippen molar-refractivity contribution in [1.29, 1.82) is 0 Å². The fourth-order valence-corrected chi connectivity index (χ4v) is 5.45. The maximum atomic E-state index is 12.8. The van der Waals surface area contributed by atoms with Crippen LogP contribution in [0.3, 0.4) is 0 Å². The van der Waals surface area contributed by atoms with Crippen LogP contribution in [-0.2, 0) is 4.79 Å². The number of anilines is 1. The molecule has 1 saturated carbocycles. The predicted octanol–water partition coefficient (Wildman–Crippen LogP) is 5.58. The van der Waals surface area contributed by atoms with Gasteiger partial charge in [-0.3, -0.25) is 24.4 Å². The largest absolute Gasteiger partial charge is 0.353 e. The summed E-state index contributed by atoms with van der Waals surface area (Å²) in [4.78, 5) is 34.2. The number of rotatable bonds is 5. The summed E-state index contributed by atoms with van der Waals surface area (Å²) >= 11 is 0. The molecule has 1 fully saturated rings. The van der Waals surface area contributed by atoms with E-state index >= 15 is 0 Å². The number of hydrogen-bond donors (Lipinski definition) is 3. The Morgan fingerprint density at radius 1 is 1.00 bits per heavy atom. The molecular formula is C29H27N9O. The summed E-state index contributed by atoms with van der Waals surface area (Å²) < 4.78 is 1.92. The van der Waals surface area contributed by atoms with E-state index in [1.807, 2.05) is 35.9 Å². The average molecular weight is 518 g/mol. The standard InChI is InChI=1S/C29H27N9O/c1-17-15-38(16-33-17)28-22-11-25(35-23(22)7-8-31-28)27-21-10-24(32-14-26(21)36-37-27)19-9-20(13-30-12-19)34-29(39)18-5-3-2-4-6-18/h7-16,18,35H,2-6H2,1H3,(H,34,39)(H,36,37). The molecule has 0 saturated heterocycles. The minimum absolute atomic E-state index is 0.0766. The van der Waals surface area contributed by atoms with Crippen LogP contribution in [0.1, 0.15) is 37.8 Å². The topological polar surface area (TPSA) is 130 Å². The SMILES string of the molecule is Cc1cn(-c2nccc3[nH]c(-c4n[nH]c5cnc(-c6cncc(NC(=O)C7CCCCC7)c6)cc45)cc23)cn1. The van der Waals surface area contributed by atoms with Gasteiger partial charge < -0.3 is 10.3 Å². The van der Waals surface area contributed by atoms with Crippen molar-refractivity contribution in [3.05, 3.63) is 67.3 Å². The first-order chi connectivity index (χ1) is 19.1. The lowest BCUT2D eigenvalue weighted by atomic mass is 9.88. The number of carbonyl (C=O) groups excluding carboxylic acids is 1. The van der Waals surface area contributed by atoms with Crippen LogP contribution in [0.5, 0.6) is 0 Å². The Bertz CT molecular complexity index is 1820. The number of aromatic nitrogens is 8. The van der Waals surface area contributed by atoms with E-state index in [4.69, 9.17) is 0 Å². The summed E-state index contributed by atoms with van der Waals surface area (Å²) in [5.74, 6) is 0.957. The molecule has 0 unspecified atom stereocenters. The van der Waals surface area contributed by atoms with E-state index in [-0.39, 0.29) is 11.8 Å². The van der Waals surface area contributed by atoms with Gasteiger partial charge in [-0.05, 0) is 44.0 Å². The molecule has 10 nitrogen and oxygen atoms in total. The van der Waals surface area contributed by atoms with Crippen LogP contribution >= 0.6 is 0 Å². The van der Waals surface area contributed by atoms with E-state index in [2.05, 4.69) is 46.5 Å². The van der Waals surface area contributed by atoms with Gasteiger partial charge in [0.05, 0.1) is 46.2 Å². The first kappa shape index (κ1) is 23.3. The van der Waals surface area contributed by atoms with Crippen molar-refractivity contribution < 1.29 is 4.79 Å². The van der Waals surface area contributed by atoms with Gasteiger partial charge >= 0.3 is 0 Å². The summed E-state index contributed by atoms with van der Waals surface area (Å²) in [6.07, 6.45) is 16.1. The van der Waals surface area contributed by atoms with E-state index in [1.54, 1.807) is 31.1 Å². The molecule has 1 aliphatic rings. The van der Waals surface area contributed by atoms with Gasteiger partial charge in [-0.25, -0.2) is 9.97 Å². The highest BCUT2D eigenvalue weighted by Gasteiger charge is 2.21. The number of pyridine rings is 3. The molecule has 6 heterocycles. The number of nitrogens with zero attached hydrogens (tertiary/aromatic N) is 6. The Balaban J connectivity index is 1.22. The Kier molecular flexibility index (Phi) is 5.65. The molecule has 0 atom stereocenters. The zero-order valence-corrected chi connectivity index (χ0v) is 21.5. The van der Waals surface area contributed by atoms with Crippen LogP contribution < -0.4 is 5.32 Å². The Hall–Kier alpha value is -4.86. The van der Waals surface area contributed by atoms with Crippen molar-refractivity contribution in [2.75, 3.05) is 5.32 Å². The maximum Gasteiger partial charge on any atom is 0.227 e. The summed E-state index contributed by atoms with van der Waals surface area (Å²) in [5.41, 5.74) is 6.61. The number of aryl methyl sites for hydroxylation is 1. The molecule has 1 aliphatic carbocycles. The molecule has 0 aliphatic heterocycles. The number of aromatic amines is 2. The van der Waals surface area contributed by atoms with Crippen LogP contribution in [-0.4, -0.2) is 45.6 Å². The molecule has 6 aromatic heterocycles. The minimum atomic E-state index is 0.0766. The summed E-state index contributed by atoms with van der Waals surface area (Å²) in [6.45, 7) is 1.95. The minimum Gasteiger partial charge on any atom is -0.353 e. The molecule has 0 radical (unpaired) electrons. The second-order valence-corrected chi connectivity index (χ2v) is 10.2. The van der Waals surface area contributed by atoms with Gasteiger partial charge in [0.25, 0.3) is 0 Å². The van der Waals surface area contributed by atoms with Crippen LogP contribution in [0.25, 0.3) is 50.3 Å². The second-order valence-electron chi connectivity index (χ2n) is 10.2. The Morgan fingerprint density at radius 2 is 1.90 bits per heavy atom. The van der Waals surface area contributed by atoms with Crippen molar-refractivity contribution in [2.24, 2.45) is 5.92 Å². The molecule has 0 bridgehead atoms. The number of amides is 1. The van der Waals surface area contributed by atoms with Crippen molar-refractivity contribution in [3.63, 3.8) is 0 Å². The molecule has 7 rings (SSSR count). The number of hydrogen-bond acceptors (Lipinski definition) is 6. The Morgan fingerprint density at radius 3 is 2.74 bits per heavy atom. The van der Waals surface area contributed by atoms with Crippen molar-refractivity contribution in [1.82, 2.24) is 39.7 Å². The first-order valence-corrected chi connectivity index (χ1v) is 13.2. The maximum absolute atomic E-state index is 12.8. The third-order valence-corrected chi connectivity index (χ3v) is 7.46.